The van der Waals surface area contributed by atoms with Crippen molar-refractivity contribution < 1.29 is 9.90 Å². The summed E-state index contributed by atoms with van der Waals surface area (Å²) in [6.45, 7) is 2.66. The van der Waals surface area contributed by atoms with Crippen LogP contribution in [0.1, 0.15) is 27.2 Å². The topological polar surface area (TPSA) is 42.2 Å². The lowest BCUT2D eigenvalue weighted by Gasteiger charge is -2.03. The highest BCUT2D eigenvalue weighted by atomic mass is 35.5. The summed E-state index contributed by atoms with van der Waals surface area (Å²) in [6.07, 6.45) is 2.65. The van der Waals surface area contributed by atoms with Gasteiger partial charge in [0.2, 0.25) is 0 Å². The van der Waals surface area contributed by atoms with Gasteiger partial charge in [0.25, 0.3) is 0 Å². The molecule has 2 aromatic rings. The van der Waals surface area contributed by atoms with Crippen molar-refractivity contribution in [1.82, 2.24) is 4.57 Å². The number of carboxylic acids is 1. The van der Waals surface area contributed by atoms with Crippen LogP contribution >= 0.6 is 22.9 Å². The van der Waals surface area contributed by atoms with Crippen LogP contribution in [0.2, 0.25) is 5.02 Å². The van der Waals surface area contributed by atoms with Crippen LogP contribution in [-0.4, -0.2) is 15.6 Å². The summed E-state index contributed by atoms with van der Waals surface area (Å²) in [5.74, 6) is -0.954. The Morgan fingerprint density at radius 1 is 1.47 bits per heavy atom. The predicted molar refractivity (Wildman–Crippen MR) is 69.2 cm³/mol. The molecule has 2 rings (SSSR count). The molecule has 0 spiro atoms. The highest BCUT2D eigenvalue weighted by molar-refractivity contribution is 7.11. The van der Waals surface area contributed by atoms with Crippen LogP contribution in [0, 0.1) is 0 Å². The molecule has 0 atom stereocenters. The first-order valence-corrected chi connectivity index (χ1v) is 6.46. The molecule has 3 nitrogen and oxygen atoms in total. The fourth-order valence-electron chi connectivity index (χ4n) is 1.65. The largest absolute Gasteiger partial charge is 0.477 e. The van der Waals surface area contributed by atoms with Gasteiger partial charge in [0, 0.05) is 16.0 Å². The molecule has 0 fully saturated rings. The number of carbonyl (C=O) groups is 1. The molecule has 0 aliphatic carbocycles. The Morgan fingerprint density at radius 3 is 2.76 bits per heavy atom. The highest BCUT2D eigenvalue weighted by Crippen LogP contribution is 2.21. The molecular weight excluding hydrogens is 258 g/mol. The number of aromatic nitrogens is 1. The van der Waals surface area contributed by atoms with Crippen molar-refractivity contribution in [2.75, 3.05) is 0 Å². The Balaban J connectivity index is 2.26. The minimum Gasteiger partial charge on any atom is -0.477 e. The summed E-state index contributed by atoms with van der Waals surface area (Å²) in [6, 6.07) is 5.58. The van der Waals surface area contributed by atoms with E-state index in [0.717, 1.165) is 11.3 Å². The third-order valence-corrected chi connectivity index (χ3v) is 3.90. The molecule has 1 N–H and O–H groups in total. The molecule has 17 heavy (non-hydrogen) atoms. The Bertz CT molecular complexity index is 544. The van der Waals surface area contributed by atoms with Crippen LogP contribution in [0.25, 0.3) is 0 Å². The standard InChI is InChI=1S/C12H12ClNO2S/c1-2-9-3-4-10(17-9)7-14-6-8(13)5-11(14)12(15)16/h3-6H,2,7H2,1H3,(H,15,16). The van der Waals surface area contributed by atoms with E-state index >= 15 is 0 Å². The monoisotopic (exact) mass is 269 g/mol. The van der Waals surface area contributed by atoms with Gasteiger partial charge in [-0.1, -0.05) is 18.5 Å². The molecule has 0 saturated heterocycles. The van der Waals surface area contributed by atoms with E-state index < -0.39 is 5.97 Å². The van der Waals surface area contributed by atoms with Gasteiger partial charge in [-0.05, 0) is 24.6 Å². The first-order valence-electron chi connectivity index (χ1n) is 5.26. The highest BCUT2D eigenvalue weighted by Gasteiger charge is 2.12. The number of hydrogen-bond acceptors (Lipinski definition) is 2. The minimum absolute atomic E-state index is 0.224. The van der Waals surface area contributed by atoms with Gasteiger partial charge in [0.1, 0.15) is 5.69 Å². The normalized spacial score (nSPS) is 10.7. The smallest absolute Gasteiger partial charge is 0.352 e. The van der Waals surface area contributed by atoms with E-state index in [1.165, 1.54) is 10.9 Å². The second-order valence-electron chi connectivity index (χ2n) is 3.70. The molecule has 0 unspecified atom stereocenters. The summed E-state index contributed by atoms with van der Waals surface area (Å²) in [5.41, 5.74) is 0.224. The van der Waals surface area contributed by atoms with Gasteiger partial charge < -0.3 is 9.67 Å². The summed E-state index contributed by atoms with van der Waals surface area (Å²) < 4.78 is 1.66. The first-order chi connectivity index (χ1) is 8.10. The number of carboxylic acid groups (broad SMARTS) is 1. The van der Waals surface area contributed by atoms with E-state index in [1.807, 2.05) is 6.07 Å². The maximum atomic E-state index is 11.0. The number of aryl methyl sites for hydroxylation is 1. The van der Waals surface area contributed by atoms with E-state index in [4.69, 9.17) is 16.7 Å². The molecular formula is C12H12ClNO2S. The Morgan fingerprint density at radius 2 is 2.18 bits per heavy atom. The molecule has 0 radical (unpaired) electrons. The number of nitrogens with zero attached hydrogens (tertiary/aromatic N) is 1. The summed E-state index contributed by atoms with van der Waals surface area (Å²) >= 11 is 7.53. The van der Waals surface area contributed by atoms with Gasteiger partial charge in [-0.3, -0.25) is 0 Å². The van der Waals surface area contributed by atoms with Gasteiger partial charge in [0.05, 0.1) is 11.6 Å². The molecule has 0 bridgehead atoms. The maximum absolute atomic E-state index is 11.0. The fraction of sp³-hybridized carbons (Fsp3) is 0.250. The Kier molecular flexibility index (Phi) is 3.54. The zero-order valence-electron chi connectivity index (χ0n) is 9.31. The third-order valence-electron chi connectivity index (χ3n) is 2.47. The molecule has 2 heterocycles. The van der Waals surface area contributed by atoms with Crippen LogP contribution in [-0.2, 0) is 13.0 Å². The second kappa shape index (κ2) is 4.94. The number of rotatable bonds is 4. The van der Waals surface area contributed by atoms with Gasteiger partial charge in [-0.15, -0.1) is 11.3 Å². The predicted octanol–water partition coefficient (Wildman–Crippen LogP) is 3.51. The Hall–Kier alpha value is -1.26. The van der Waals surface area contributed by atoms with Crippen molar-refractivity contribution in [1.29, 1.82) is 0 Å². The Labute approximate surface area is 108 Å². The molecule has 2 aromatic heterocycles. The van der Waals surface area contributed by atoms with Crippen LogP contribution in [0.4, 0.5) is 0 Å². The number of hydrogen-bond donors (Lipinski definition) is 1. The number of aromatic carboxylic acids is 1. The van der Waals surface area contributed by atoms with Crippen LogP contribution in [0.5, 0.6) is 0 Å². The molecule has 0 aliphatic heterocycles. The quantitative estimate of drug-likeness (QED) is 0.923. The zero-order valence-corrected chi connectivity index (χ0v) is 10.9. The molecule has 0 amide bonds. The number of halogens is 1. The summed E-state index contributed by atoms with van der Waals surface area (Å²) in [5, 5.41) is 9.49. The number of thiophene rings is 1. The average molecular weight is 270 g/mol. The molecule has 0 saturated carbocycles. The van der Waals surface area contributed by atoms with E-state index in [-0.39, 0.29) is 5.69 Å². The van der Waals surface area contributed by atoms with Crippen LogP contribution in [0.15, 0.2) is 24.4 Å². The van der Waals surface area contributed by atoms with Gasteiger partial charge in [-0.2, -0.15) is 0 Å². The zero-order chi connectivity index (χ0) is 12.4. The van der Waals surface area contributed by atoms with Crippen LogP contribution < -0.4 is 0 Å². The van der Waals surface area contributed by atoms with Crippen molar-refractivity contribution >= 4 is 28.9 Å². The van der Waals surface area contributed by atoms with Gasteiger partial charge in [-0.25, -0.2) is 4.79 Å². The van der Waals surface area contributed by atoms with Gasteiger partial charge in [0.15, 0.2) is 0 Å². The van der Waals surface area contributed by atoms with E-state index in [2.05, 4.69) is 13.0 Å². The van der Waals surface area contributed by atoms with Crippen molar-refractivity contribution in [2.24, 2.45) is 0 Å². The molecule has 0 aromatic carbocycles. The SMILES string of the molecule is CCc1ccc(Cn2cc(Cl)cc2C(=O)O)s1. The lowest BCUT2D eigenvalue weighted by molar-refractivity contribution is 0.0686. The first kappa shape index (κ1) is 12.2. The maximum Gasteiger partial charge on any atom is 0.352 e. The summed E-state index contributed by atoms with van der Waals surface area (Å²) in [4.78, 5) is 13.4. The fourth-order valence-corrected chi connectivity index (χ4v) is 2.83. The summed E-state index contributed by atoms with van der Waals surface area (Å²) in [7, 11) is 0. The minimum atomic E-state index is -0.954. The lowest BCUT2D eigenvalue weighted by atomic mass is 10.3. The van der Waals surface area contributed by atoms with Crippen molar-refractivity contribution in [3.63, 3.8) is 0 Å². The van der Waals surface area contributed by atoms with Crippen molar-refractivity contribution in [2.45, 2.75) is 19.9 Å². The average Bonchev–Trinajstić information content (AvgIpc) is 2.85. The van der Waals surface area contributed by atoms with Gasteiger partial charge >= 0.3 is 5.97 Å². The van der Waals surface area contributed by atoms with E-state index in [1.54, 1.807) is 22.1 Å². The lowest BCUT2D eigenvalue weighted by Crippen LogP contribution is -2.07. The van der Waals surface area contributed by atoms with E-state index in [0.29, 0.717) is 11.6 Å². The molecule has 90 valence electrons. The van der Waals surface area contributed by atoms with Crippen molar-refractivity contribution in [3.05, 3.63) is 44.9 Å². The molecule has 5 heteroatoms. The molecule has 0 aliphatic rings. The third kappa shape index (κ3) is 2.70. The van der Waals surface area contributed by atoms with Crippen LogP contribution in [0.3, 0.4) is 0 Å². The van der Waals surface area contributed by atoms with E-state index in [9.17, 15) is 4.79 Å². The van der Waals surface area contributed by atoms with Crippen molar-refractivity contribution in [3.8, 4) is 0 Å². The second-order valence-corrected chi connectivity index (χ2v) is 5.39.